The molecule has 3 rings (SSSR count). The second-order valence-electron chi connectivity index (χ2n) is 5.08. The third-order valence-electron chi connectivity index (χ3n) is 3.21. The summed E-state index contributed by atoms with van der Waals surface area (Å²) in [6.45, 7) is 1.15. The van der Waals surface area contributed by atoms with Crippen LogP contribution in [0.1, 0.15) is 5.56 Å². The maximum atomic E-state index is 12.2. The Morgan fingerprint density at radius 3 is 2.85 bits per heavy atom. The van der Waals surface area contributed by atoms with Crippen LogP contribution in [0, 0.1) is 0 Å². The molecular weight excluding hydrogens is 258 g/mol. The van der Waals surface area contributed by atoms with Crippen molar-refractivity contribution in [3.05, 3.63) is 35.4 Å². The van der Waals surface area contributed by atoms with Crippen LogP contribution < -0.4 is 4.74 Å². The highest BCUT2D eigenvalue weighted by molar-refractivity contribution is 5.99. The Hall–Kier alpha value is -1.85. The Balaban J connectivity index is 1.86. The van der Waals surface area contributed by atoms with E-state index in [1.54, 1.807) is 14.1 Å². The van der Waals surface area contributed by atoms with Gasteiger partial charge in [0.1, 0.15) is 11.9 Å². The topological polar surface area (TPSA) is 51.3 Å². The Kier molecular flexibility index (Phi) is 3.46. The van der Waals surface area contributed by atoms with Crippen molar-refractivity contribution in [2.75, 3.05) is 27.3 Å². The lowest BCUT2D eigenvalue weighted by Crippen LogP contribution is -2.36. The molecule has 1 aromatic rings. The number of rotatable bonds is 4. The first kappa shape index (κ1) is 13.1. The van der Waals surface area contributed by atoms with Gasteiger partial charge in [-0.2, -0.15) is 0 Å². The summed E-state index contributed by atoms with van der Waals surface area (Å²) in [7, 11) is 3.43. The average Bonchev–Trinajstić information content (AvgIpc) is 3.27. The third-order valence-corrected chi connectivity index (χ3v) is 3.21. The molecule has 2 atom stereocenters. The first-order valence-corrected chi connectivity index (χ1v) is 6.57. The maximum Gasteiger partial charge on any atom is 0.255 e. The van der Waals surface area contributed by atoms with E-state index in [2.05, 4.69) is 0 Å². The molecule has 0 N–H and O–H groups in total. The minimum absolute atomic E-state index is 0.110. The van der Waals surface area contributed by atoms with Crippen LogP contribution in [0.2, 0.25) is 0 Å². The van der Waals surface area contributed by atoms with E-state index < -0.39 is 6.29 Å². The van der Waals surface area contributed by atoms with Crippen molar-refractivity contribution in [2.45, 2.75) is 12.4 Å². The molecule has 5 nitrogen and oxygen atoms in total. The number of hydrogen-bond acceptors (Lipinski definition) is 4. The molecule has 0 bridgehead atoms. The van der Waals surface area contributed by atoms with Gasteiger partial charge in [-0.25, -0.2) is 0 Å². The molecule has 2 heterocycles. The second kappa shape index (κ2) is 5.26. The number of ether oxygens (including phenoxy) is 3. The number of epoxide rings is 1. The number of hydrogen-bond donors (Lipinski definition) is 0. The van der Waals surface area contributed by atoms with Crippen LogP contribution in [0.3, 0.4) is 0 Å². The van der Waals surface area contributed by atoms with E-state index in [9.17, 15) is 4.79 Å². The molecule has 1 saturated heterocycles. The Morgan fingerprint density at radius 1 is 1.40 bits per heavy atom. The molecule has 0 radical (unpaired) electrons. The van der Waals surface area contributed by atoms with E-state index in [-0.39, 0.29) is 12.0 Å². The highest BCUT2D eigenvalue weighted by Crippen LogP contribution is 2.31. The van der Waals surface area contributed by atoms with Gasteiger partial charge in [-0.15, -0.1) is 0 Å². The van der Waals surface area contributed by atoms with Crippen molar-refractivity contribution in [1.82, 2.24) is 4.90 Å². The zero-order valence-corrected chi connectivity index (χ0v) is 11.5. The largest absolute Gasteiger partial charge is 0.460 e. The van der Waals surface area contributed by atoms with Gasteiger partial charge < -0.3 is 19.1 Å². The normalized spacial score (nSPS) is 23.4. The lowest BCUT2D eigenvalue weighted by Gasteiger charge is -2.27. The lowest BCUT2D eigenvalue weighted by atomic mass is 10.1. The molecule has 2 aliphatic rings. The van der Waals surface area contributed by atoms with E-state index in [4.69, 9.17) is 14.2 Å². The van der Waals surface area contributed by atoms with Gasteiger partial charge in [0, 0.05) is 19.7 Å². The fourth-order valence-electron chi connectivity index (χ4n) is 2.03. The summed E-state index contributed by atoms with van der Waals surface area (Å²) >= 11 is 0. The zero-order valence-electron chi connectivity index (χ0n) is 11.5. The Labute approximate surface area is 117 Å². The molecule has 106 valence electrons. The van der Waals surface area contributed by atoms with E-state index in [1.165, 1.54) is 4.90 Å². The van der Waals surface area contributed by atoms with Crippen molar-refractivity contribution >= 4 is 12.0 Å². The van der Waals surface area contributed by atoms with Crippen LogP contribution in [0.25, 0.3) is 6.08 Å². The van der Waals surface area contributed by atoms with Crippen LogP contribution in [0.4, 0.5) is 0 Å². The second-order valence-corrected chi connectivity index (χ2v) is 5.08. The summed E-state index contributed by atoms with van der Waals surface area (Å²) in [4.78, 5) is 13.8. The summed E-state index contributed by atoms with van der Waals surface area (Å²) in [5.74, 6) is 0.616. The van der Waals surface area contributed by atoms with Crippen molar-refractivity contribution in [3.63, 3.8) is 0 Å². The fourth-order valence-corrected chi connectivity index (χ4v) is 2.03. The summed E-state index contributed by atoms with van der Waals surface area (Å²) in [5, 5.41) is 0. The summed E-state index contributed by atoms with van der Waals surface area (Å²) in [5.41, 5.74) is 1.40. The predicted octanol–water partition coefficient (Wildman–Crippen LogP) is 1.29. The predicted molar refractivity (Wildman–Crippen MR) is 73.2 cm³/mol. The van der Waals surface area contributed by atoms with Crippen molar-refractivity contribution in [1.29, 1.82) is 0 Å². The smallest absolute Gasteiger partial charge is 0.255 e. The third kappa shape index (κ3) is 2.69. The summed E-state index contributed by atoms with van der Waals surface area (Å²) in [6, 6.07) is 7.59. The van der Waals surface area contributed by atoms with Crippen LogP contribution in [-0.2, 0) is 14.3 Å². The molecule has 1 unspecified atom stereocenters. The van der Waals surface area contributed by atoms with Gasteiger partial charge in [0.2, 0.25) is 6.29 Å². The van der Waals surface area contributed by atoms with Gasteiger partial charge >= 0.3 is 0 Å². The summed E-state index contributed by atoms with van der Waals surface area (Å²) < 4.78 is 16.6. The SMILES string of the molecule is CN(C)C(=O)C1=Cc2ccccc2O[C@@H]1OCC1CO1. The van der Waals surface area contributed by atoms with Crippen LogP contribution in [0.5, 0.6) is 5.75 Å². The number of amides is 1. The van der Waals surface area contributed by atoms with E-state index in [0.717, 1.165) is 11.3 Å². The first-order chi connectivity index (χ1) is 9.65. The number of nitrogens with zero attached hydrogens (tertiary/aromatic N) is 1. The standard InChI is InChI=1S/C15H17NO4/c1-16(2)14(17)12-7-10-5-3-4-6-13(10)20-15(12)19-9-11-8-18-11/h3-7,11,15H,8-9H2,1-2H3/t11?,15-/m0/s1. The molecule has 1 aromatic carbocycles. The van der Waals surface area contributed by atoms with Crippen LogP contribution in [-0.4, -0.2) is 50.5 Å². The maximum absolute atomic E-state index is 12.2. The van der Waals surface area contributed by atoms with E-state index in [0.29, 0.717) is 18.8 Å². The Morgan fingerprint density at radius 2 is 2.15 bits per heavy atom. The van der Waals surface area contributed by atoms with Gasteiger partial charge in [0.05, 0.1) is 18.8 Å². The van der Waals surface area contributed by atoms with Crippen molar-refractivity contribution < 1.29 is 19.0 Å². The zero-order chi connectivity index (χ0) is 14.1. The molecule has 0 aromatic heterocycles. The van der Waals surface area contributed by atoms with Crippen molar-refractivity contribution in [2.24, 2.45) is 0 Å². The number of carbonyl (C=O) groups is 1. The van der Waals surface area contributed by atoms with Gasteiger partial charge in [-0.05, 0) is 12.1 Å². The quantitative estimate of drug-likeness (QED) is 0.777. The number of para-hydroxylation sites is 1. The molecule has 20 heavy (non-hydrogen) atoms. The van der Waals surface area contributed by atoms with E-state index >= 15 is 0 Å². The molecule has 2 aliphatic heterocycles. The molecule has 0 spiro atoms. The number of carbonyl (C=O) groups excluding carboxylic acids is 1. The Bertz CT molecular complexity index is 549. The first-order valence-electron chi connectivity index (χ1n) is 6.57. The minimum atomic E-state index is -0.677. The minimum Gasteiger partial charge on any atom is -0.460 e. The average molecular weight is 275 g/mol. The fraction of sp³-hybridized carbons (Fsp3) is 0.400. The molecule has 1 amide bonds. The monoisotopic (exact) mass is 275 g/mol. The van der Waals surface area contributed by atoms with Crippen LogP contribution >= 0.6 is 0 Å². The summed E-state index contributed by atoms with van der Waals surface area (Å²) in [6.07, 6.45) is 1.29. The number of fused-ring (bicyclic) bond motifs is 1. The van der Waals surface area contributed by atoms with Gasteiger partial charge in [-0.3, -0.25) is 4.79 Å². The van der Waals surface area contributed by atoms with E-state index in [1.807, 2.05) is 30.3 Å². The number of likely N-dealkylation sites (N-methyl/N-ethyl adjacent to an activating group) is 1. The highest BCUT2D eigenvalue weighted by atomic mass is 16.7. The molecule has 5 heteroatoms. The number of benzene rings is 1. The molecular formula is C15H17NO4. The molecule has 0 saturated carbocycles. The van der Waals surface area contributed by atoms with Gasteiger partial charge in [0.25, 0.3) is 5.91 Å². The lowest BCUT2D eigenvalue weighted by molar-refractivity contribution is -0.130. The molecule has 0 aliphatic carbocycles. The van der Waals surface area contributed by atoms with Gasteiger partial charge in [0.15, 0.2) is 0 Å². The van der Waals surface area contributed by atoms with Crippen molar-refractivity contribution in [3.8, 4) is 5.75 Å². The highest BCUT2D eigenvalue weighted by Gasteiger charge is 2.32. The van der Waals surface area contributed by atoms with Gasteiger partial charge in [-0.1, -0.05) is 18.2 Å². The van der Waals surface area contributed by atoms with Crippen LogP contribution in [0.15, 0.2) is 29.8 Å². The molecule has 1 fully saturated rings.